The second kappa shape index (κ2) is 5.68. The topological polar surface area (TPSA) is 21.3 Å². The number of hydrogen-bond donors (Lipinski definition) is 1. The van der Waals surface area contributed by atoms with E-state index in [1.54, 1.807) is 7.11 Å². The van der Waals surface area contributed by atoms with Crippen LogP contribution in [0.3, 0.4) is 0 Å². The molecule has 1 atom stereocenters. The van der Waals surface area contributed by atoms with Crippen molar-refractivity contribution in [3.8, 4) is 5.75 Å². The summed E-state index contributed by atoms with van der Waals surface area (Å²) in [4.78, 5) is 1.40. The molecule has 98 valence electrons. The highest BCUT2D eigenvalue weighted by atomic mass is 32.2. The molecule has 0 bridgehead atoms. The fourth-order valence-corrected chi connectivity index (χ4v) is 3.61. The molecule has 3 rings (SSSR count). The quantitative estimate of drug-likeness (QED) is 0.917. The first-order chi connectivity index (χ1) is 9.38. The summed E-state index contributed by atoms with van der Waals surface area (Å²) in [7, 11) is 1.72. The van der Waals surface area contributed by atoms with Crippen LogP contribution in [0.1, 0.15) is 17.2 Å². The van der Waals surface area contributed by atoms with Gasteiger partial charge in [0.1, 0.15) is 5.75 Å². The molecule has 0 aromatic heterocycles. The lowest BCUT2D eigenvalue weighted by molar-refractivity contribution is 0.406. The summed E-state index contributed by atoms with van der Waals surface area (Å²) >= 11 is 1.93. The molecule has 0 aliphatic carbocycles. The predicted octanol–water partition coefficient (Wildman–Crippen LogP) is 3.63. The Labute approximate surface area is 118 Å². The first-order valence-electron chi connectivity index (χ1n) is 6.45. The molecule has 0 radical (unpaired) electrons. The summed E-state index contributed by atoms with van der Waals surface area (Å²) < 4.78 is 5.38. The molecule has 2 nitrogen and oxygen atoms in total. The smallest absolute Gasteiger partial charge is 0.123 e. The molecular formula is C16H17NOS. The molecule has 2 aromatic carbocycles. The van der Waals surface area contributed by atoms with E-state index >= 15 is 0 Å². The molecule has 0 spiro atoms. The van der Waals surface area contributed by atoms with Crippen molar-refractivity contribution in [3.63, 3.8) is 0 Å². The maximum atomic E-state index is 5.38. The molecule has 1 aliphatic rings. The maximum Gasteiger partial charge on any atom is 0.123 e. The molecule has 0 saturated carbocycles. The van der Waals surface area contributed by atoms with E-state index in [9.17, 15) is 0 Å². The highest BCUT2D eigenvalue weighted by molar-refractivity contribution is 7.99. The summed E-state index contributed by atoms with van der Waals surface area (Å²) in [5, 5.41) is 3.63. The van der Waals surface area contributed by atoms with Crippen molar-refractivity contribution in [1.82, 2.24) is 5.32 Å². The third kappa shape index (κ3) is 2.62. The first kappa shape index (κ1) is 12.6. The number of nitrogens with one attached hydrogen (secondary N) is 1. The van der Waals surface area contributed by atoms with Gasteiger partial charge in [-0.15, -0.1) is 11.8 Å². The van der Waals surface area contributed by atoms with E-state index in [4.69, 9.17) is 4.74 Å². The maximum absolute atomic E-state index is 5.38. The van der Waals surface area contributed by atoms with E-state index in [-0.39, 0.29) is 0 Å². The van der Waals surface area contributed by atoms with Crippen LogP contribution in [-0.4, -0.2) is 12.9 Å². The number of methoxy groups -OCH3 is 1. The molecule has 2 aromatic rings. The Morgan fingerprint density at radius 2 is 1.95 bits per heavy atom. The zero-order valence-electron chi connectivity index (χ0n) is 10.9. The Morgan fingerprint density at radius 3 is 2.84 bits per heavy atom. The first-order valence-corrected chi connectivity index (χ1v) is 7.44. The van der Waals surface area contributed by atoms with Crippen LogP contribution >= 0.6 is 11.8 Å². The summed E-state index contributed by atoms with van der Waals surface area (Å²) in [6.45, 7) is 0.837. The zero-order chi connectivity index (χ0) is 13.1. The van der Waals surface area contributed by atoms with Crippen LogP contribution in [0, 0.1) is 0 Å². The minimum atomic E-state index is 0.436. The molecule has 3 heteroatoms. The van der Waals surface area contributed by atoms with E-state index < -0.39 is 0 Å². The number of fused-ring (bicyclic) bond motifs is 1. The van der Waals surface area contributed by atoms with Crippen LogP contribution in [0.15, 0.2) is 53.4 Å². The zero-order valence-corrected chi connectivity index (χ0v) is 11.7. The van der Waals surface area contributed by atoms with Crippen molar-refractivity contribution in [1.29, 1.82) is 0 Å². The van der Waals surface area contributed by atoms with Crippen LogP contribution in [-0.2, 0) is 6.54 Å². The fraction of sp³-hybridized carbons (Fsp3) is 0.250. The van der Waals surface area contributed by atoms with Gasteiger partial charge in [-0.05, 0) is 17.7 Å². The largest absolute Gasteiger partial charge is 0.496 e. The van der Waals surface area contributed by atoms with Gasteiger partial charge in [-0.25, -0.2) is 0 Å². The average molecular weight is 271 g/mol. The van der Waals surface area contributed by atoms with E-state index in [1.807, 2.05) is 23.9 Å². The van der Waals surface area contributed by atoms with Crippen LogP contribution < -0.4 is 10.1 Å². The van der Waals surface area contributed by atoms with Crippen LogP contribution in [0.4, 0.5) is 0 Å². The number of ether oxygens (including phenoxy) is 1. The molecule has 0 saturated heterocycles. The molecule has 0 amide bonds. The molecule has 1 N–H and O–H groups in total. The number of thioether (sulfide) groups is 1. The van der Waals surface area contributed by atoms with Gasteiger partial charge in [0.15, 0.2) is 0 Å². The molecule has 0 fully saturated rings. The van der Waals surface area contributed by atoms with Crippen molar-refractivity contribution < 1.29 is 4.74 Å². The van der Waals surface area contributed by atoms with Gasteiger partial charge in [0.2, 0.25) is 0 Å². The van der Waals surface area contributed by atoms with Crippen molar-refractivity contribution in [2.75, 3.05) is 12.9 Å². The SMILES string of the molecule is COc1ccccc1CNC1CSc2ccccc21. The predicted molar refractivity (Wildman–Crippen MR) is 79.7 cm³/mol. The van der Waals surface area contributed by atoms with Gasteiger partial charge in [0, 0.05) is 28.8 Å². The van der Waals surface area contributed by atoms with E-state index in [2.05, 4.69) is 41.7 Å². The number of benzene rings is 2. The summed E-state index contributed by atoms with van der Waals surface area (Å²) in [5.74, 6) is 2.06. The highest BCUT2D eigenvalue weighted by Crippen LogP contribution is 2.37. The van der Waals surface area contributed by atoms with Crippen molar-refractivity contribution >= 4 is 11.8 Å². The van der Waals surface area contributed by atoms with E-state index in [0.717, 1.165) is 18.0 Å². The average Bonchev–Trinajstić information content (AvgIpc) is 2.89. The van der Waals surface area contributed by atoms with Crippen LogP contribution in [0.2, 0.25) is 0 Å². The monoisotopic (exact) mass is 271 g/mol. The Balaban J connectivity index is 1.71. The Morgan fingerprint density at radius 1 is 1.16 bits per heavy atom. The van der Waals surface area contributed by atoms with E-state index in [0.29, 0.717) is 6.04 Å². The van der Waals surface area contributed by atoms with Gasteiger partial charge >= 0.3 is 0 Å². The fourth-order valence-electron chi connectivity index (χ4n) is 2.41. The second-order valence-corrected chi connectivity index (χ2v) is 5.66. The lowest BCUT2D eigenvalue weighted by Gasteiger charge is -2.15. The van der Waals surface area contributed by atoms with Gasteiger partial charge in [0.25, 0.3) is 0 Å². The minimum Gasteiger partial charge on any atom is -0.496 e. The standard InChI is InChI=1S/C16H17NOS/c1-18-15-8-4-2-6-12(15)10-17-14-11-19-16-9-5-3-7-13(14)16/h2-9,14,17H,10-11H2,1H3. The molecule has 19 heavy (non-hydrogen) atoms. The summed E-state index contributed by atoms with van der Waals surface area (Å²) in [6.07, 6.45) is 0. The second-order valence-electron chi connectivity index (χ2n) is 4.59. The van der Waals surface area contributed by atoms with E-state index in [1.165, 1.54) is 16.0 Å². The number of hydrogen-bond acceptors (Lipinski definition) is 3. The number of para-hydroxylation sites is 1. The lowest BCUT2D eigenvalue weighted by Crippen LogP contribution is -2.20. The highest BCUT2D eigenvalue weighted by Gasteiger charge is 2.22. The van der Waals surface area contributed by atoms with Gasteiger partial charge in [-0.3, -0.25) is 0 Å². The summed E-state index contributed by atoms with van der Waals surface area (Å²) in [5.41, 5.74) is 2.63. The van der Waals surface area contributed by atoms with Crippen LogP contribution in [0.25, 0.3) is 0 Å². The summed E-state index contributed by atoms with van der Waals surface area (Å²) in [6, 6.07) is 17.2. The molecule has 1 heterocycles. The van der Waals surface area contributed by atoms with Gasteiger partial charge in [-0.2, -0.15) is 0 Å². The lowest BCUT2D eigenvalue weighted by atomic mass is 10.1. The van der Waals surface area contributed by atoms with Crippen molar-refractivity contribution in [2.45, 2.75) is 17.5 Å². The molecule has 1 unspecified atom stereocenters. The molecule has 1 aliphatic heterocycles. The van der Waals surface area contributed by atoms with Gasteiger partial charge in [0.05, 0.1) is 7.11 Å². The van der Waals surface area contributed by atoms with Gasteiger partial charge in [-0.1, -0.05) is 36.4 Å². The van der Waals surface area contributed by atoms with Crippen molar-refractivity contribution in [3.05, 3.63) is 59.7 Å². The minimum absolute atomic E-state index is 0.436. The van der Waals surface area contributed by atoms with Crippen LogP contribution in [0.5, 0.6) is 5.75 Å². The number of rotatable bonds is 4. The van der Waals surface area contributed by atoms with Gasteiger partial charge < -0.3 is 10.1 Å². The Hall–Kier alpha value is -1.45. The Kier molecular flexibility index (Phi) is 3.76. The normalized spacial score (nSPS) is 17.2. The third-order valence-electron chi connectivity index (χ3n) is 3.43. The van der Waals surface area contributed by atoms with Crippen molar-refractivity contribution in [2.24, 2.45) is 0 Å². The molecular weight excluding hydrogens is 254 g/mol. The Bertz CT molecular complexity index is 570. The third-order valence-corrected chi connectivity index (χ3v) is 4.61.